The van der Waals surface area contributed by atoms with Crippen molar-refractivity contribution in [1.82, 2.24) is 0 Å². The molecule has 0 heterocycles. The molecule has 0 amide bonds. The van der Waals surface area contributed by atoms with Gasteiger partial charge in [0.25, 0.3) is 0 Å². The molecule has 8 unspecified atom stereocenters. The summed E-state index contributed by atoms with van der Waals surface area (Å²) in [6.07, 6.45) is 5.95. The molecule has 3 saturated carbocycles. The number of azo groups is 1. The van der Waals surface area contributed by atoms with Crippen LogP contribution in [0.4, 0.5) is 0 Å². The fourth-order valence-electron chi connectivity index (χ4n) is 5.33. The Morgan fingerprint density at radius 2 is 1.89 bits per heavy atom. The first kappa shape index (κ1) is 21.6. The van der Waals surface area contributed by atoms with E-state index in [1.54, 1.807) is 0 Å². The lowest BCUT2D eigenvalue weighted by molar-refractivity contribution is -0.560. The second kappa shape index (κ2) is 9.59. The van der Waals surface area contributed by atoms with Crippen LogP contribution in [-0.2, 0) is 0 Å². The Morgan fingerprint density at radius 3 is 2.61 bits per heavy atom. The number of nitro groups is 1. The van der Waals surface area contributed by atoms with Gasteiger partial charge in [-0.25, -0.2) is 4.58 Å². The first-order valence-corrected chi connectivity index (χ1v) is 11.0. The molecule has 0 bridgehead atoms. The third-order valence-corrected chi connectivity index (χ3v) is 7.18. The van der Waals surface area contributed by atoms with Gasteiger partial charge in [-0.15, -0.1) is 11.6 Å². The van der Waals surface area contributed by atoms with E-state index in [0.29, 0.717) is 30.7 Å². The Balaban J connectivity index is 1.72. The minimum Gasteiger partial charge on any atom is -0.391 e. The lowest BCUT2D eigenvalue weighted by Crippen LogP contribution is -2.47. The lowest BCUT2D eigenvalue weighted by Gasteiger charge is -2.43. The van der Waals surface area contributed by atoms with Crippen LogP contribution in [0, 0.1) is 22.0 Å². The van der Waals surface area contributed by atoms with Crippen LogP contribution in [0.25, 0.3) is 0 Å². The second-order valence-electron chi connectivity index (χ2n) is 8.75. The summed E-state index contributed by atoms with van der Waals surface area (Å²) in [6, 6.07) is -1.31. The third kappa shape index (κ3) is 4.89. The van der Waals surface area contributed by atoms with Gasteiger partial charge < -0.3 is 10.8 Å². The molecule has 8 nitrogen and oxygen atoms in total. The van der Waals surface area contributed by atoms with Crippen LogP contribution < -0.4 is 5.73 Å². The highest BCUT2D eigenvalue weighted by Gasteiger charge is 2.45. The van der Waals surface area contributed by atoms with Crippen LogP contribution in [0.1, 0.15) is 51.4 Å². The highest BCUT2D eigenvalue weighted by molar-refractivity contribution is 6.17. The maximum atomic E-state index is 11.4. The molecule has 9 heteroatoms. The number of aliphatic hydroxyl groups excluding tert-OH is 1. The predicted molar refractivity (Wildman–Crippen MR) is 108 cm³/mol. The molecule has 0 aromatic carbocycles. The van der Waals surface area contributed by atoms with Gasteiger partial charge in [-0.3, -0.25) is 10.1 Å². The summed E-state index contributed by atoms with van der Waals surface area (Å²) in [5.74, 6) is 1.32. The molecule has 0 aromatic heterocycles. The Hall–Kier alpha value is -1.12. The van der Waals surface area contributed by atoms with Crippen molar-refractivity contribution >= 4 is 18.3 Å². The smallest absolute Gasteiger partial charge is 0.238 e. The highest BCUT2D eigenvalue weighted by Crippen LogP contribution is 2.43. The molecule has 3 fully saturated rings. The first-order valence-electron chi connectivity index (χ1n) is 10.5. The summed E-state index contributed by atoms with van der Waals surface area (Å²) in [5, 5.41) is 31.0. The minimum atomic E-state index is -0.776. The molecular formula is C19H33ClN5O3+. The van der Waals surface area contributed by atoms with Gasteiger partial charge >= 0.3 is 0 Å². The summed E-state index contributed by atoms with van der Waals surface area (Å²) in [5.41, 5.74) is 5.91. The van der Waals surface area contributed by atoms with Crippen LogP contribution in [0.15, 0.2) is 10.2 Å². The van der Waals surface area contributed by atoms with Crippen LogP contribution in [0.5, 0.6) is 0 Å². The molecule has 158 valence electrons. The standard InChI is InChI=1S/C19H33ClN5O3/c1-24(9-8-20)14-5-2-12-3-7-18(26)19(15(12)11-14)23-22-16-6-4-13(21)10-17(16)25(27)28/h12-19,26H,1-11,21H2/q+1. The Labute approximate surface area is 171 Å². The van der Waals surface area contributed by atoms with Crippen molar-refractivity contribution in [3.8, 4) is 0 Å². The number of halogens is 1. The van der Waals surface area contributed by atoms with Gasteiger partial charge in [0, 0.05) is 30.2 Å². The third-order valence-electron chi connectivity index (χ3n) is 7.02. The average molecular weight is 415 g/mol. The monoisotopic (exact) mass is 414 g/mol. The second-order valence-corrected chi connectivity index (χ2v) is 9.13. The number of hydrogen-bond acceptors (Lipinski definition) is 6. The summed E-state index contributed by atoms with van der Waals surface area (Å²) < 4.78 is 2.06. The van der Waals surface area contributed by atoms with E-state index in [0.717, 1.165) is 45.1 Å². The topological polar surface area (TPSA) is 117 Å². The van der Waals surface area contributed by atoms with Crippen LogP contribution in [0.3, 0.4) is 0 Å². The van der Waals surface area contributed by atoms with Crippen molar-refractivity contribution in [2.75, 3.05) is 12.4 Å². The summed E-state index contributed by atoms with van der Waals surface area (Å²) >= 11 is 5.87. The summed E-state index contributed by atoms with van der Waals surface area (Å²) in [4.78, 5) is 11.1. The van der Waals surface area contributed by atoms with Crippen molar-refractivity contribution in [3.05, 3.63) is 10.1 Å². The average Bonchev–Trinajstić information content (AvgIpc) is 2.67. The minimum absolute atomic E-state index is 0.143. The summed E-state index contributed by atoms with van der Waals surface area (Å²) in [7, 11) is 0. The molecule has 0 saturated heterocycles. The van der Waals surface area contributed by atoms with Gasteiger partial charge in [0.1, 0.15) is 12.8 Å². The Bertz CT molecular complexity index is 604. The Morgan fingerprint density at radius 1 is 1.14 bits per heavy atom. The van der Waals surface area contributed by atoms with E-state index in [1.165, 1.54) is 0 Å². The van der Waals surface area contributed by atoms with E-state index in [-0.39, 0.29) is 22.9 Å². The van der Waals surface area contributed by atoms with Gasteiger partial charge in [-0.05, 0) is 43.9 Å². The van der Waals surface area contributed by atoms with Crippen molar-refractivity contribution in [1.29, 1.82) is 0 Å². The molecule has 0 aromatic rings. The van der Waals surface area contributed by atoms with Crippen LogP contribution in [0.2, 0.25) is 0 Å². The van der Waals surface area contributed by atoms with Gasteiger partial charge in [0.2, 0.25) is 6.04 Å². The number of nitrogens with zero attached hydrogens (tertiary/aromatic N) is 4. The number of nitrogens with two attached hydrogens (primary N) is 1. The van der Waals surface area contributed by atoms with Gasteiger partial charge in [-0.1, -0.05) is 0 Å². The quantitative estimate of drug-likeness (QED) is 0.173. The zero-order valence-corrected chi connectivity index (χ0v) is 17.2. The number of aliphatic hydroxyl groups is 1. The maximum Gasteiger partial charge on any atom is 0.238 e. The molecule has 3 N–H and O–H groups in total. The maximum absolute atomic E-state index is 11.4. The molecule has 28 heavy (non-hydrogen) atoms. The van der Waals surface area contributed by atoms with Crippen LogP contribution >= 0.6 is 11.6 Å². The van der Waals surface area contributed by atoms with E-state index in [9.17, 15) is 15.2 Å². The SMILES string of the molecule is C=[N+](CCCl)C1CCC2CCC(O)C(N=NC3CCC(N)CC3[N+](=O)[O-])C2C1. The van der Waals surface area contributed by atoms with E-state index in [4.69, 9.17) is 17.3 Å². The van der Waals surface area contributed by atoms with Gasteiger partial charge in [0.15, 0.2) is 12.6 Å². The lowest BCUT2D eigenvalue weighted by atomic mass is 9.66. The van der Waals surface area contributed by atoms with E-state index in [2.05, 4.69) is 21.5 Å². The molecule has 8 atom stereocenters. The molecular weight excluding hydrogens is 382 g/mol. The normalized spacial score (nSPS) is 41.5. The first-order chi connectivity index (χ1) is 13.4. The largest absolute Gasteiger partial charge is 0.391 e. The molecule has 3 aliphatic carbocycles. The fraction of sp³-hybridized carbons (Fsp3) is 0.947. The number of fused-ring (bicyclic) bond motifs is 1. The zero-order chi connectivity index (χ0) is 20.3. The summed E-state index contributed by atoms with van der Waals surface area (Å²) in [6.45, 7) is 4.88. The van der Waals surface area contributed by atoms with Crippen molar-refractivity contribution in [2.45, 2.75) is 87.7 Å². The molecule has 3 aliphatic rings. The van der Waals surface area contributed by atoms with Crippen molar-refractivity contribution in [2.24, 2.45) is 27.8 Å². The molecule has 3 rings (SSSR count). The fourth-order valence-corrected chi connectivity index (χ4v) is 5.55. The van der Waals surface area contributed by atoms with E-state index in [1.807, 2.05) is 0 Å². The van der Waals surface area contributed by atoms with Crippen LogP contribution in [-0.4, -0.2) is 70.1 Å². The van der Waals surface area contributed by atoms with Gasteiger partial charge in [-0.2, -0.15) is 10.2 Å². The number of hydrogen-bond donors (Lipinski definition) is 2. The van der Waals surface area contributed by atoms with Crippen molar-refractivity contribution in [3.63, 3.8) is 0 Å². The number of alkyl halides is 1. The molecule has 0 spiro atoms. The Kier molecular flexibility index (Phi) is 7.39. The predicted octanol–water partition coefficient (Wildman–Crippen LogP) is 2.22. The van der Waals surface area contributed by atoms with E-state index >= 15 is 0 Å². The molecule has 0 radical (unpaired) electrons. The number of rotatable bonds is 6. The highest BCUT2D eigenvalue weighted by atomic mass is 35.5. The van der Waals surface area contributed by atoms with E-state index < -0.39 is 18.2 Å². The molecule has 0 aliphatic heterocycles. The zero-order valence-electron chi connectivity index (χ0n) is 16.4. The van der Waals surface area contributed by atoms with Gasteiger partial charge in [0.05, 0.1) is 18.0 Å². The van der Waals surface area contributed by atoms with Crippen molar-refractivity contribution < 1.29 is 14.6 Å².